The Bertz CT molecular complexity index is 1260. The highest BCUT2D eigenvalue weighted by Crippen LogP contribution is 2.18. The van der Waals surface area contributed by atoms with Crippen LogP contribution in [0.1, 0.15) is 39.0 Å². The molecule has 0 spiro atoms. The molecule has 160 valence electrons. The number of carbonyl (C=O) groups is 2. The lowest BCUT2D eigenvalue weighted by molar-refractivity contribution is 0.101. The number of carbonyl (C=O) groups excluding carboxylic acids is 2. The molecule has 4 aromatic rings. The van der Waals surface area contributed by atoms with Gasteiger partial charge in [-0.2, -0.15) is 5.10 Å². The number of hydrogen-bond acceptors (Lipinski definition) is 3. The van der Waals surface area contributed by atoms with Crippen molar-refractivity contribution < 1.29 is 9.59 Å². The van der Waals surface area contributed by atoms with Crippen molar-refractivity contribution in [3.63, 3.8) is 0 Å². The molecule has 0 bridgehead atoms. The Labute approximate surface area is 186 Å². The molecule has 0 radical (unpaired) electrons. The first kappa shape index (κ1) is 21.1. The minimum atomic E-state index is -0.298. The lowest BCUT2D eigenvalue weighted by Crippen LogP contribution is -2.18. The zero-order chi connectivity index (χ0) is 22.5. The van der Waals surface area contributed by atoms with Gasteiger partial charge in [0.05, 0.1) is 11.4 Å². The predicted octanol–water partition coefficient (Wildman–Crippen LogP) is 5.25. The third-order valence-corrected chi connectivity index (χ3v) is 5.04. The lowest BCUT2D eigenvalue weighted by Gasteiger charge is -2.11. The molecular weight excluding hydrogens is 400 g/mol. The number of rotatable bonds is 6. The average molecular weight is 425 g/mol. The Morgan fingerprint density at radius 1 is 0.812 bits per heavy atom. The molecule has 6 heteroatoms. The van der Waals surface area contributed by atoms with Crippen LogP contribution in [0.5, 0.6) is 0 Å². The van der Waals surface area contributed by atoms with E-state index >= 15 is 0 Å². The molecule has 2 amide bonds. The second-order valence-electron chi connectivity index (χ2n) is 7.46. The molecular formula is C26H24N4O2. The maximum Gasteiger partial charge on any atom is 0.274 e. The molecule has 0 aliphatic carbocycles. The van der Waals surface area contributed by atoms with Crippen molar-refractivity contribution in [3.05, 3.63) is 107 Å². The predicted molar refractivity (Wildman–Crippen MR) is 126 cm³/mol. The SMILES string of the molecule is CCc1cccc(-n2nc(C)cc2C(=O)Nc2cccc(C(=O)Nc3ccccc3)c2)c1. The van der Waals surface area contributed by atoms with E-state index in [2.05, 4.69) is 22.7 Å². The van der Waals surface area contributed by atoms with E-state index in [0.29, 0.717) is 22.6 Å². The van der Waals surface area contributed by atoms with Crippen LogP contribution in [-0.2, 0) is 6.42 Å². The molecule has 0 saturated heterocycles. The number of para-hydroxylation sites is 1. The fraction of sp³-hybridized carbons (Fsp3) is 0.115. The van der Waals surface area contributed by atoms with Gasteiger partial charge in [-0.15, -0.1) is 0 Å². The zero-order valence-electron chi connectivity index (χ0n) is 18.0. The number of aromatic nitrogens is 2. The topological polar surface area (TPSA) is 76.0 Å². The number of nitrogens with zero attached hydrogens (tertiary/aromatic N) is 2. The maximum atomic E-state index is 13.1. The van der Waals surface area contributed by atoms with Gasteiger partial charge in [0.25, 0.3) is 11.8 Å². The first-order chi connectivity index (χ1) is 15.5. The van der Waals surface area contributed by atoms with E-state index in [1.165, 1.54) is 5.56 Å². The minimum Gasteiger partial charge on any atom is -0.322 e. The molecule has 0 aliphatic heterocycles. The van der Waals surface area contributed by atoms with Gasteiger partial charge in [0.15, 0.2) is 0 Å². The Balaban J connectivity index is 1.55. The molecule has 0 unspecified atom stereocenters. The monoisotopic (exact) mass is 424 g/mol. The molecule has 32 heavy (non-hydrogen) atoms. The molecule has 1 heterocycles. The van der Waals surface area contributed by atoms with E-state index < -0.39 is 0 Å². The third-order valence-electron chi connectivity index (χ3n) is 5.04. The van der Waals surface area contributed by atoms with Crippen LogP contribution in [0.25, 0.3) is 5.69 Å². The maximum absolute atomic E-state index is 13.1. The quantitative estimate of drug-likeness (QED) is 0.444. The van der Waals surface area contributed by atoms with Crippen LogP contribution in [0.3, 0.4) is 0 Å². The van der Waals surface area contributed by atoms with Gasteiger partial charge in [0, 0.05) is 16.9 Å². The summed E-state index contributed by atoms with van der Waals surface area (Å²) in [6, 6.07) is 25.8. The summed E-state index contributed by atoms with van der Waals surface area (Å²) in [5.41, 5.74) is 4.86. The largest absolute Gasteiger partial charge is 0.322 e. The van der Waals surface area contributed by atoms with E-state index in [-0.39, 0.29) is 11.8 Å². The third kappa shape index (κ3) is 4.75. The Hall–Kier alpha value is -4.19. The summed E-state index contributed by atoms with van der Waals surface area (Å²) >= 11 is 0. The minimum absolute atomic E-state index is 0.246. The van der Waals surface area contributed by atoms with E-state index in [1.807, 2.05) is 61.5 Å². The summed E-state index contributed by atoms with van der Waals surface area (Å²) in [4.78, 5) is 25.7. The number of hydrogen-bond donors (Lipinski definition) is 2. The number of nitrogens with one attached hydrogen (secondary N) is 2. The van der Waals surface area contributed by atoms with Gasteiger partial charge in [0.1, 0.15) is 5.69 Å². The Morgan fingerprint density at radius 2 is 1.53 bits per heavy atom. The van der Waals surface area contributed by atoms with Crippen molar-refractivity contribution in [2.24, 2.45) is 0 Å². The van der Waals surface area contributed by atoms with Crippen molar-refractivity contribution >= 4 is 23.2 Å². The van der Waals surface area contributed by atoms with E-state index in [9.17, 15) is 9.59 Å². The van der Waals surface area contributed by atoms with E-state index in [0.717, 1.165) is 17.8 Å². The highest BCUT2D eigenvalue weighted by molar-refractivity contribution is 6.07. The first-order valence-electron chi connectivity index (χ1n) is 10.5. The van der Waals surface area contributed by atoms with Crippen LogP contribution in [-0.4, -0.2) is 21.6 Å². The molecule has 0 atom stereocenters. The number of benzene rings is 3. The number of anilines is 2. The fourth-order valence-electron chi connectivity index (χ4n) is 3.42. The zero-order valence-corrected chi connectivity index (χ0v) is 18.0. The number of aryl methyl sites for hydroxylation is 2. The van der Waals surface area contributed by atoms with Gasteiger partial charge >= 0.3 is 0 Å². The first-order valence-corrected chi connectivity index (χ1v) is 10.5. The standard InChI is InChI=1S/C26H24N4O2/c1-3-19-9-7-14-23(16-19)30-24(15-18(2)29-30)26(32)28-22-13-8-10-20(17-22)25(31)27-21-11-5-4-6-12-21/h4-17H,3H2,1-2H3,(H,27,31)(H,28,32). The molecule has 0 fully saturated rings. The summed E-state index contributed by atoms with van der Waals surface area (Å²) in [6.07, 6.45) is 0.896. The van der Waals surface area contributed by atoms with Crippen molar-refractivity contribution in [2.45, 2.75) is 20.3 Å². The van der Waals surface area contributed by atoms with Gasteiger partial charge in [-0.25, -0.2) is 4.68 Å². The van der Waals surface area contributed by atoms with Gasteiger partial charge in [0.2, 0.25) is 0 Å². The molecule has 6 nitrogen and oxygen atoms in total. The van der Waals surface area contributed by atoms with Crippen LogP contribution in [0, 0.1) is 6.92 Å². The van der Waals surface area contributed by atoms with Crippen LogP contribution in [0.4, 0.5) is 11.4 Å². The fourth-order valence-corrected chi connectivity index (χ4v) is 3.42. The molecule has 2 N–H and O–H groups in total. The highest BCUT2D eigenvalue weighted by Gasteiger charge is 2.16. The van der Waals surface area contributed by atoms with Gasteiger partial charge in [-0.1, -0.05) is 43.3 Å². The average Bonchev–Trinajstić information content (AvgIpc) is 3.22. The molecule has 1 aromatic heterocycles. The van der Waals surface area contributed by atoms with Gasteiger partial charge in [-0.05, 0) is 67.4 Å². The van der Waals surface area contributed by atoms with Crippen molar-refractivity contribution in [1.82, 2.24) is 9.78 Å². The van der Waals surface area contributed by atoms with E-state index in [4.69, 9.17) is 0 Å². The van der Waals surface area contributed by atoms with Crippen molar-refractivity contribution in [1.29, 1.82) is 0 Å². The van der Waals surface area contributed by atoms with Crippen molar-refractivity contribution in [3.8, 4) is 5.69 Å². The molecule has 3 aromatic carbocycles. The Morgan fingerprint density at radius 3 is 2.31 bits per heavy atom. The van der Waals surface area contributed by atoms with Crippen LogP contribution >= 0.6 is 0 Å². The normalized spacial score (nSPS) is 10.6. The van der Waals surface area contributed by atoms with Crippen LogP contribution < -0.4 is 10.6 Å². The summed E-state index contributed by atoms with van der Waals surface area (Å²) in [5, 5.41) is 10.2. The number of amides is 2. The summed E-state index contributed by atoms with van der Waals surface area (Å²) in [6.45, 7) is 3.94. The summed E-state index contributed by atoms with van der Waals surface area (Å²) in [5.74, 6) is -0.544. The van der Waals surface area contributed by atoms with Gasteiger partial charge < -0.3 is 10.6 Å². The second kappa shape index (κ2) is 9.31. The van der Waals surface area contributed by atoms with Crippen LogP contribution in [0.15, 0.2) is 84.9 Å². The molecule has 4 rings (SSSR count). The lowest BCUT2D eigenvalue weighted by atomic mass is 10.1. The molecule has 0 saturated carbocycles. The second-order valence-corrected chi connectivity index (χ2v) is 7.46. The van der Waals surface area contributed by atoms with Crippen molar-refractivity contribution in [2.75, 3.05) is 10.6 Å². The highest BCUT2D eigenvalue weighted by atomic mass is 16.2. The van der Waals surface area contributed by atoms with Gasteiger partial charge in [-0.3, -0.25) is 9.59 Å². The van der Waals surface area contributed by atoms with Crippen LogP contribution in [0.2, 0.25) is 0 Å². The summed E-state index contributed by atoms with van der Waals surface area (Å²) in [7, 11) is 0. The smallest absolute Gasteiger partial charge is 0.274 e. The Kier molecular flexibility index (Phi) is 6.12. The molecule has 0 aliphatic rings. The van der Waals surface area contributed by atoms with E-state index in [1.54, 1.807) is 35.0 Å². The summed E-state index contributed by atoms with van der Waals surface area (Å²) < 4.78 is 1.65.